The van der Waals surface area contributed by atoms with Crippen molar-refractivity contribution < 1.29 is 9.53 Å². The average molecular weight is 338 g/mol. The Balaban J connectivity index is 1.74. The highest BCUT2D eigenvalue weighted by atomic mass is 79.9. The molecule has 0 atom stereocenters. The van der Waals surface area contributed by atoms with Gasteiger partial charge in [-0.15, -0.1) is 0 Å². The molecule has 1 aliphatic carbocycles. The predicted molar refractivity (Wildman–Crippen MR) is 83.9 cm³/mol. The van der Waals surface area contributed by atoms with Gasteiger partial charge in [0.05, 0.1) is 0 Å². The third-order valence-corrected chi connectivity index (χ3v) is 4.29. The number of aryl methyl sites for hydroxylation is 1. The van der Waals surface area contributed by atoms with E-state index >= 15 is 0 Å². The topological polar surface area (TPSA) is 38.3 Å². The van der Waals surface area contributed by atoms with Gasteiger partial charge in [0.25, 0.3) is 5.91 Å². The summed E-state index contributed by atoms with van der Waals surface area (Å²) in [5.74, 6) is 0.648. The van der Waals surface area contributed by atoms with Gasteiger partial charge in [0, 0.05) is 11.0 Å². The van der Waals surface area contributed by atoms with E-state index in [2.05, 4.69) is 27.3 Å². The lowest BCUT2D eigenvalue weighted by Crippen LogP contribution is -2.30. The molecule has 0 saturated heterocycles. The summed E-state index contributed by atoms with van der Waals surface area (Å²) < 4.78 is 6.53. The summed E-state index contributed by atoms with van der Waals surface area (Å²) in [5, 5.41) is 2.91. The average Bonchev–Trinajstić information content (AvgIpc) is 2.47. The van der Waals surface area contributed by atoms with E-state index in [0.29, 0.717) is 6.54 Å². The quantitative estimate of drug-likeness (QED) is 0.831. The molecule has 2 rings (SSSR count). The van der Waals surface area contributed by atoms with Crippen molar-refractivity contribution in [1.29, 1.82) is 0 Å². The van der Waals surface area contributed by atoms with Crippen molar-refractivity contribution in [2.45, 2.75) is 32.6 Å². The number of hydrogen-bond donors (Lipinski definition) is 1. The highest BCUT2D eigenvalue weighted by Crippen LogP contribution is 2.21. The van der Waals surface area contributed by atoms with Gasteiger partial charge in [0.15, 0.2) is 6.61 Å². The standard InChI is InChI=1S/C16H20BrNO2/c1-12-9-14(7-8-15(12)17)20-11-16(19)18-10-13-5-3-2-4-6-13/h5,7-9H,2-4,6,10-11H2,1H3,(H,18,19). The lowest BCUT2D eigenvalue weighted by molar-refractivity contribution is -0.122. The fourth-order valence-corrected chi connectivity index (χ4v) is 2.43. The Morgan fingerprint density at radius 1 is 1.40 bits per heavy atom. The van der Waals surface area contributed by atoms with Crippen LogP contribution in [0.3, 0.4) is 0 Å². The summed E-state index contributed by atoms with van der Waals surface area (Å²) in [6, 6.07) is 5.70. The Kier molecular flexibility index (Phi) is 5.65. The summed E-state index contributed by atoms with van der Waals surface area (Å²) in [5.41, 5.74) is 2.43. The van der Waals surface area contributed by atoms with Crippen molar-refractivity contribution in [1.82, 2.24) is 5.32 Å². The normalized spacial score (nSPS) is 14.6. The van der Waals surface area contributed by atoms with Crippen molar-refractivity contribution in [3.8, 4) is 5.75 Å². The minimum atomic E-state index is -0.0722. The highest BCUT2D eigenvalue weighted by Gasteiger charge is 2.07. The molecular formula is C16H20BrNO2. The largest absolute Gasteiger partial charge is 0.484 e. The van der Waals surface area contributed by atoms with Crippen LogP contribution in [0.25, 0.3) is 0 Å². The van der Waals surface area contributed by atoms with E-state index in [-0.39, 0.29) is 12.5 Å². The van der Waals surface area contributed by atoms with Crippen molar-refractivity contribution in [3.63, 3.8) is 0 Å². The molecule has 0 fully saturated rings. The number of allylic oxidation sites excluding steroid dienone is 1. The first-order valence-corrected chi connectivity index (χ1v) is 7.78. The molecule has 108 valence electrons. The molecule has 0 aliphatic heterocycles. The number of ether oxygens (including phenoxy) is 1. The Bertz CT molecular complexity index is 511. The molecule has 1 N–H and O–H groups in total. The monoisotopic (exact) mass is 337 g/mol. The van der Waals surface area contributed by atoms with Crippen LogP contribution < -0.4 is 10.1 Å². The van der Waals surface area contributed by atoms with E-state index in [0.717, 1.165) is 28.6 Å². The van der Waals surface area contributed by atoms with Gasteiger partial charge in [-0.2, -0.15) is 0 Å². The zero-order valence-corrected chi connectivity index (χ0v) is 13.3. The molecule has 0 aromatic heterocycles. The first kappa shape index (κ1) is 15.1. The number of hydrogen-bond acceptors (Lipinski definition) is 2. The van der Waals surface area contributed by atoms with E-state index < -0.39 is 0 Å². The molecule has 1 amide bonds. The van der Waals surface area contributed by atoms with Crippen LogP contribution in [-0.2, 0) is 4.79 Å². The summed E-state index contributed by atoms with van der Waals surface area (Å²) >= 11 is 3.44. The zero-order valence-electron chi connectivity index (χ0n) is 11.7. The van der Waals surface area contributed by atoms with E-state index in [1.54, 1.807) is 0 Å². The van der Waals surface area contributed by atoms with Gasteiger partial charge >= 0.3 is 0 Å². The minimum absolute atomic E-state index is 0.0638. The van der Waals surface area contributed by atoms with Crippen molar-refractivity contribution in [2.75, 3.05) is 13.2 Å². The van der Waals surface area contributed by atoms with Crippen LogP contribution >= 0.6 is 15.9 Å². The van der Waals surface area contributed by atoms with E-state index in [1.807, 2.05) is 25.1 Å². The summed E-state index contributed by atoms with van der Waals surface area (Å²) in [6.45, 7) is 2.71. The van der Waals surface area contributed by atoms with Gasteiger partial charge in [-0.25, -0.2) is 0 Å². The smallest absolute Gasteiger partial charge is 0.258 e. The van der Waals surface area contributed by atoms with Gasteiger partial charge in [-0.3, -0.25) is 4.79 Å². The van der Waals surface area contributed by atoms with Crippen LogP contribution in [0.5, 0.6) is 5.75 Å². The SMILES string of the molecule is Cc1cc(OCC(=O)NCC2=CCCCC2)ccc1Br. The molecule has 0 bridgehead atoms. The van der Waals surface area contributed by atoms with Crippen molar-refractivity contribution >= 4 is 21.8 Å². The first-order chi connectivity index (χ1) is 9.65. The van der Waals surface area contributed by atoms with Gasteiger partial charge in [-0.05, 0) is 56.4 Å². The maximum Gasteiger partial charge on any atom is 0.258 e. The van der Waals surface area contributed by atoms with Gasteiger partial charge in [0.1, 0.15) is 5.75 Å². The molecule has 0 spiro atoms. The molecule has 0 unspecified atom stereocenters. The van der Waals surface area contributed by atoms with E-state index in [9.17, 15) is 4.79 Å². The summed E-state index contributed by atoms with van der Waals surface area (Å²) in [6.07, 6.45) is 6.98. The summed E-state index contributed by atoms with van der Waals surface area (Å²) in [4.78, 5) is 11.7. The lowest BCUT2D eigenvalue weighted by Gasteiger charge is -2.13. The third-order valence-electron chi connectivity index (χ3n) is 3.40. The second-order valence-corrected chi connectivity index (χ2v) is 5.94. The van der Waals surface area contributed by atoms with Crippen LogP contribution in [-0.4, -0.2) is 19.1 Å². The van der Waals surface area contributed by atoms with E-state index in [4.69, 9.17) is 4.74 Å². The van der Waals surface area contributed by atoms with Crippen LogP contribution in [0.15, 0.2) is 34.3 Å². The predicted octanol–water partition coefficient (Wildman–Crippen LogP) is 3.75. The van der Waals surface area contributed by atoms with Gasteiger partial charge in [0.2, 0.25) is 0 Å². The number of nitrogens with one attached hydrogen (secondary N) is 1. The number of carbonyl (C=O) groups is 1. The van der Waals surface area contributed by atoms with Gasteiger partial charge < -0.3 is 10.1 Å². The molecule has 0 saturated carbocycles. The second kappa shape index (κ2) is 7.48. The minimum Gasteiger partial charge on any atom is -0.484 e. The first-order valence-electron chi connectivity index (χ1n) is 6.99. The van der Waals surface area contributed by atoms with Gasteiger partial charge in [-0.1, -0.05) is 27.6 Å². The molecule has 4 heteroatoms. The molecule has 0 radical (unpaired) electrons. The van der Waals surface area contributed by atoms with Crippen LogP contribution in [0.1, 0.15) is 31.2 Å². The maximum absolute atomic E-state index is 11.7. The number of halogens is 1. The maximum atomic E-state index is 11.7. The Hall–Kier alpha value is -1.29. The number of benzene rings is 1. The molecule has 1 aromatic rings. The van der Waals surface area contributed by atoms with E-state index in [1.165, 1.54) is 18.4 Å². The molecule has 3 nitrogen and oxygen atoms in total. The second-order valence-electron chi connectivity index (χ2n) is 5.08. The number of amides is 1. The van der Waals surface area contributed by atoms with Crippen molar-refractivity contribution in [3.05, 3.63) is 39.9 Å². The number of rotatable bonds is 5. The van der Waals surface area contributed by atoms with Crippen molar-refractivity contribution in [2.24, 2.45) is 0 Å². The molecule has 20 heavy (non-hydrogen) atoms. The summed E-state index contributed by atoms with van der Waals surface area (Å²) in [7, 11) is 0. The molecule has 1 aromatic carbocycles. The lowest BCUT2D eigenvalue weighted by atomic mass is 10.00. The molecular weight excluding hydrogens is 318 g/mol. The van der Waals surface area contributed by atoms with Crippen LogP contribution in [0.2, 0.25) is 0 Å². The fraction of sp³-hybridized carbons (Fsp3) is 0.438. The van der Waals surface area contributed by atoms with Crippen LogP contribution in [0, 0.1) is 6.92 Å². The Morgan fingerprint density at radius 3 is 2.95 bits per heavy atom. The third kappa shape index (κ3) is 4.67. The molecule has 0 heterocycles. The fourth-order valence-electron chi connectivity index (χ4n) is 2.18. The Labute approximate surface area is 128 Å². The van der Waals surface area contributed by atoms with Crippen LogP contribution in [0.4, 0.5) is 0 Å². The molecule has 1 aliphatic rings. The highest BCUT2D eigenvalue weighted by molar-refractivity contribution is 9.10. The Morgan fingerprint density at radius 2 is 2.25 bits per heavy atom. The number of carbonyl (C=O) groups excluding carboxylic acids is 1. The zero-order chi connectivity index (χ0) is 14.4.